The Bertz CT molecular complexity index is 684. The quantitative estimate of drug-likeness (QED) is 0.698. The van der Waals surface area contributed by atoms with Crippen molar-refractivity contribution in [1.29, 1.82) is 0 Å². The van der Waals surface area contributed by atoms with E-state index in [0.29, 0.717) is 0 Å². The number of pyridine rings is 1. The highest BCUT2D eigenvalue weighted by Crippen LogP contribution is 2.19. The summed E-state index contributed by atoms with van der Waals surface area (Å²) >= 11 is 1.62. The van der Waals surface area contributed by atoms with Gasteiger partial charge in [0.1, 0.15) is 24.3 Å². The highest BCUT2D eigenvalue weighted by molar-refractivity contribution is 7.97. The molecule has 0 saturated heterocycles. The van der Waals surface area contributed by atoms with Crippen LogP contribution in [0.1, 0.15) is 19.4 Å². The topological polar surface area (TPSA) is 39.5 Å². The Hall–Kier alpha value is -2.08. The molecule has 5 nitrogen and oxygen atoms in total. The summed E-state index contributed by atoms with van der Waals surface area (Å²) < 4.78 is 5.81. The van der Waals surface area contributed by atoms with Crippen LogP contribution in [0.4, 0.5) is 0 Å². The lowest BCUT2D eigenvalue weighted by molar-refractivity contribution is -0.670. The molecule has 0 unspecified atom stereocenters. The van der Waals surface area contributed by atoms with E-state index in [-0.39, 0.29) is 0 Å². The van der Waals surface area contributed by atoms with E-state index in [1.807, 2.05) is 85.8 Å². The largest absolute Gasteiger partial charge is 0.255 e. The van der Waals surface area contributed by atoms with Crippen LogP contribution in [0, 0.1) is 6.92 Å². The average molecular weight is 302 g/mol. The zero-order valence-electron chi connectivity index (χ0n) is 12.8. The first-order valence-corrected chi connectivity index (χ1v) is 7.67. The van der Waals surface area contributed by atoms with Crippen molar-refractivity contribution in [3.63, 3.8) is 0 Å². The Morgan fingerprint density at radius 1 is 1.19 bits per heavy atom. The van der Waals surface area contributed by atoms with E-state index < -0.39 is 0 Å². The minimum Gasteiger partial charge on any atom is -0.239 e. The highest BCUT2D eigenvalue weighted by atomic mass is 32.2. The van der Waals surface area contributed by atoms with Crippen molar-refractivity contribution < 1.29 is 4.57 Å². The first-order valence-electron chi connectivity index (χ1n) is 6.90. The average Bonchev–Trinajstić information content (AvgIpc) is 3.11. The molecule has 0 bridgehead atoms. The lowest BCUT2D eigenvalue weighted by Crippen LogP contribution is -2.23. The summed E-state index contributed by atoms with van der Waals surface area (Å²) in [6.07, 6.45) is 11.7. The molecular weight excluding hydrogens is 282 g/mol. The third-order valence-corrected chi connectivity index (χ3v) is 3.50. The van der Waals surface area contributed by atoms with E-state index in [1.165, 1.54) is 0 Å². The molecule has 0 aliphatic heterocycles. The van der Waals surface area contributed by atoms with Gasteiger partial charge in [-0.1, -0.05) is 13.8 Å². The number of rotatable bonds is 3. The van der Waals surface area contributed by atoms with Crippen LogP contribution in [-0.2, 0) is 7.05 Å². The summed E-state index contributed by atoms with van der Waals surface area (Å²) in [6.45, 7) is 6.01. The van der Waals surface area contributed by atoms with Gasteiger partial charge in [0.2, 0.25) is 0 Å². The molecule has 0 aliphatic carbocycles. The van der Waals surface area contributed by atoms with Gasteiger partial charge in [-0.3, -0.25) is 0 Å². The summed E-state index contributed by atoms with van der Waals surface area (Å²) in [7, 11) is 2.00. The first-order chi connectivity index (χ1) is 10.2. The molecular formula is C15H20N5S+. The minimum absolute atomic E-state index is 0.829. The van der Waals surface area contributed by atoms with Crippen LogP contribution in [0.2, 0.25) is 0 Å². The van der Waals surface area contributed by atoms with Crippen molar-refractivity contribution in [2.45, 2.75) is 25.7 Å². The van der Waals surface area contributed by atoms with E-state index in [0.717, 1.165) is 16.3 Å². The van der Waals surface area contributed by atoms with E-state index in [4.69, 9.17) is 0 Å². The first kappa shape index (κ1) is 15.3. The van der Waals surface area contributed by atoms with Crippen molar-refractivity contribution in [1.82, 2.24) is 18.7 Å². The van der Waals surface area contributed by atoms with Crippen molar-refractivity contribution >= 4 is 11.9 Å². The molecule has 0 spiro atoms. The summed E-state index contributed by atoms with van der Waals surface area (Å²) in [5.41, 5.74) is 1.13. The van der Waals surface area contributed by atoms with Crippen LogP contribution in [0.3, 0.4) is 0 Å². The summed E-state index contributed by atoms with van der Waals surface area (Å²) in [5.74, 6) is 0.829. The molecule has 3 aromatic rings. The van der Waals surface area contributed by atoms with Gasteiger partial charge in [0.15, 0.2) is 5.82 Å². The van der Waals surface area contributed by atoms with Crippen molar-refractivity contribution in [3.05, 3.63) is 55.0 Å². The number of aryl methyl sites for hydroxylation is 2. The van der Waals surface area contributed by atoms with Gasteiger partial charge in [-0.2, -0.15) is 9.07 Å². The van der Waals surface area contributed by atoms with Gasteiger partial charge < -0.3 is 0 Å². The van der Waals surface area contributed by atoms with Crippen molar-refractivity contribution in [2.75, 3.05) is 0 Å². The van der Waals surface area contributed by atoms with E-state index in [1.54, 1.807) is 16.6 Å². The molecule has 0 fully saturated rings. The maximum absolute atomic E-state index is 4.42. The molecule has 6 heteroatoms. The van der Waals surface area contributed by atoms with Gasteiger partial charge in [0.05, 0.1) is 18.1 Å². The second-order valence-electron chi connectivity index (χ2n) is 4.34. The molecule has 21 heavy (non-hydrogen) atoms. The molecule has 0 radical (unpaired) electrons. The Morgan fingerprint density at radius 2 is 2.00 bits per heavy atom. The minimum atomic E-state index is 0.829. The van der Waals surface area contributed by atoms with E-state index in [9.17, 15) is 0 Å². The standard InChI is InChI=1S/C13H14N5S.C2H6/c1-11-7-15-18(9-11)13-4-3-12(8-14-13)19-17-6-5-16(2)10-17;1-2/h3-10H,1-2H3;1-2H3/q+1;. The highest BCUT2D eigenvalue weighted by Gasteiger charge is 2.05. The molecule has 0 aliphatic rings. The van der Waals surface area contributed by atoms with Gasteiger partial charge in [0.25, 0.3) is 6.33 Å². The number of hydrogen-bond donors (Lipinski definition) is 0. The number of nitrogens with zero attached hydrogens (tertiary/aromatic N) is 5. The van der Waals surface area contributed by atoms with Gasteiger partial charge in [-0.15, -0.1) is 0 Å². The monoisotopic (exact) mass is 302 g/mol. The summed E-state index contributed by atoms with van der Waals surface area (Å²) in [4.78, 5) is 5.51. The molecule has 0 aromatic carbocycles. The fourth-order valence-corrected chi connectivity index (χ4v) is 2.49. The maximum atomic E-state index is 4.42. The Balaban J connectivity index is 0.000000774. The normalized spacial score (nSPS) is 10.1. The van der Waals surface area contributed by atoms with Gasteiger partial charge in [0, 0.05) is 12.4 Å². The van der Waals surface area contributed by atoms with Gasteiger partial charge in [-0.25, -0.2) is 14.2 Å². The smallest absolute Gasteiger partial charge is 0.239 e. The number of hydrogen-bond acceptors (Lipinski definition) is 3. The SMILES string of the molecule is CC.Cc1cnn(-c2ccc(Sn3cc[n+](C)c3)cn2)c1. The fourth-order valence-electron chi connectivity index (χ4n) is 1.70. The van der Waals surface area contributed by atoms with Crippen molar-refractivity contribution in [2.24, 2.45) is 7.05 Å². The second-order valence-corrected chi connectivity index (χ2v) is 5.42. The van der Waals surface area contributed by atoms with Crippen LogP contribution < -0.4 is 4.57 Å². The Kier molecular flexibility index (Phi) is 5.16. The lowest BCUT2D eigenvalue weighted by atomic mass is 10.4. The molecule has 3 rings (SSSR count). The van der Waals surface area contributed by atoms with E-state index >= 15 is 0 Å². The molecule has 3 aromatic heterocycles. The van der Waals surface area contributed by atoms with Gasteiger partial charge in [-0.05, 0) is 24.6 Å². The van der Waals surface area contributed by atoms with Crippen molar-refractivity contribution in [3.8, 4) is 5.82 Å². The summed E-state index contributed by atoms with van der Waals surface area (Å²) in [6, 6.07) is 4.02. The molecule has 0 saturated carbocycles. The van der Waals surface area contributed by atoms with Crippen LogP contribution in [0.15, 0.2) is 54.3 Å². The predicted molar refractivity (Wildman–Crippen MR) is 84.3 cm³/mol. The van der Waals surface area contributed by atoms with Crippen LogP contribution in [-0.4, -0.2) is 18.7 Å². The molecule has 0 amide bonds. The van der Waals surface area contributed by atoms with Gasteiger partial charge >= 0.3 is 0 Å². The zero-order chi connectivity index (χ0) is 15.2. The number of aromatic nitrogens is 5. The third kappa shape index (κ3) is 3.95. The predicted octanol–water partition coefficient (Wildman–Crippen LogP) is 2.78. The fraction of sp³-hybridized carbons (Fsp3) is 0.267. The summed E-state index contributed by atoms with van der Waals surface area (Å²) in [5, 5.41) is 4.24. The number of imidazole rings is 1. The molecule has 110 valence electrons. The Labute approximate surface area is 129 Å². The third-order valence-electron chi connectivity index (χ3n) is 2.62. The van der Waals surface area contributed by atoms with Crippen LogP contribution in [0.25, 0.3) is 5.82 Å². The lowest BCUT2D eigenvalue weighted by Gasteiger charge is -2.00. The zero-order valence-corrected chi connectivity index (χ0v) is 13.6. The van der Waals surface area contributed by atoms with Crippen LogP contribution in [0.5, 0.6) is 0 Å². The molecule has 0 N–H and O–H groups in total. The van der Waals surface area contributed by atoms with Crippen LogP contribution >= 0.6 is 11.9 Å². The molecule has 0 atom stereocenters. The molecule has 3 heterocycles. The maximum Gasteiger partial charge on any atom is 0.255 e. The second kappa shape index (κ2) is 7.08. The Morgan fingerprint density at radius 3 is 2.52 bits per heavy atom. The van der Waals surface area contributed by atoms with E-state index in [2.05, 4.69) is 10.1 Å².